The van der Waals surface area contributed by atoms with Crippen LogP contribution in [0.3, 0.4) is 0 Å². The first-order chi connectivity index (χ1) is 5.63. The van der Waals surface area contributed by atoms with Gasteiger partial charge in [0.25, 0.3) is 0 Å². The van der Waals surface area contributed by atoms with Crippen molar-refractivity contribution in [3.63, 3.8) is 0 Å². The van der Waals surface area contributed by atoms with Crippen molar-refractivity contribution in [1.29, 1.82) is 0 Å². The highest BCUT2D eigenvalue weighted by Crippen LogP contribution is 2.20. The molecule has 0 aromatic carbocycles. The van der Waals surface area contributed by atoms with E-state index in [1.54, 1.807) is 0 Å². The molecule has 0 bridgehead atoms. The van der Waals surface area contributed by atoms with Gasteiger partial charge in [0.1, 0.15) is 6.10 Å². The molecular formula is C7H12O5. The van der Waals surface area contributed by atoms with Crippen molar-refractivity contribution in [2.75, 3.05) is 6.61 Å². The topological polar surface area (TPSA) is 76.0 Å². The number of carbonyl (C=O) groups is 1. The van der Waals surface area contributed by atoms with Gasteiger partial charge in [-0.2, -0.15) is 0 Å². The summed E-state index contributed by atoms with van der Waals surface area (Å²) in [5, 5.41) is 17.9. The molecule has 0 aromatic rings. The predicted molar refractivity (Wildman–Crippen MR) is 38.1 cm³/mol. The van der Waals surface area contributed by atoms with Crippen molar-refractivity contribution in [2.45, 2.75) is 31.8 Å². The van der Waals surface area contributed by atoms with Crippen LogP contribution in [-0.2, 0) is 14.3 Å². The minimum atomic E-state index is -0.751. The maximum atomic E-state index is 10.5. The van der Waals surface area contributed by atoms with Gasteiger partial charge in [-0.3, -0.25) is 4.79 Å². The average molecular weight is 176 g/mol. The summed E-state index contributed by atoms with van der Waals surface area (Å²) in [6, 6.07) is 0. The van der Waals surface area contributed by atoms with Crippen LogP contribution in [0.15, 0.2) is 0 Å². The molecule has 2 N–H and O–H groups in total. The third-order valence-electron chi connectivity index (χ3n) is 1.67. The number of aliphatic hydroxyl groups excluding tert-OH is 2. The van der Waals surface area contributed by atoms with E-state index < -0.39 is 24.5 Å². The molecule has 0 aliphatic carbocycles. The third kappa shape index (κ3) is 2.17. The summed E-state index contributed by atoms with van der Waals surface area (Å²) in [4.78, 5) is 10.5. The Kier molecular flexibility index (Phi) is 3.02. The molecule has 5 heteroatoms. The largest absolute Gasteiger partial charge is 0.436 e. The number of hydrogen-bond donors (Lipinski definition) is 2. The Bertz CT molecular complexity index is 169. The molecule has 1 heterocycles. The van der Waals surface area contributed by atoms with Crippen LogP contribution in [0, 0.1) is 0 Å². The molecule has 1 fully saturated rings. The average Bonchev–Trinajstić information content (AvgIpc) is 2.29. The molecule has 0 aromatic heterocycles. The van der Waals surface area contributed by atoms with Gasteiger partial charge in [0.05, 0.1) is 12.7 Å². The van der Waals surface area contributed by atoms with Crippen molar-refractivity contribution < 1.29 is 24.5 Å². The Morgan fingerprint density at radius 1 is 1.75 bits per heavy atom. The molecule has 1 unspecified atom stereocenters. The van der Waals surface area contributed by atoms with Gasteiger partial charge in [-0.15, -0.1) is 0 Å². The molecular weight excluding hydrogens is 164 g/mol. The lowest BCUT2D eigenvalue weighted by molar-refractivity contribution is -0.175. The fraction of sp³-hybridized carbons (Fsp3) is 0.857. The Labute approximate surface area is 69.9 Å². The van der Waals surface area contributed by atoms with E-state index in [4.69, 9.17) is 9.84 Å². The summed E-state index contributed by atoms with van der Waals surface area (Å²) in [7, 11) is 0. The van der Waals surface area contributed by atoms with Gasteiger partial charge in [0, 0.05) is 13.3 Å². The summed E-state index contributed by atoms with van der Waals surface area (Å²) in [5.41, 5.74) is 0. The van der Waals surface area contributed by atoms with Crippen LogP contribution in [0.1, 0.15) is 13.3 Å². The van der Waals surface area contributed by atoms with Crippen molar-refractivity contribution >= 4 is 5.97 Å². The first-order valence-electron chi connectivity index (χ1n) is 3.75. The molecule has 0 radical (unpaired) electrons. The maximum absolute atomic E-state index is 10.5. The molecule has 5 nitrogen and oxygen atoms in total. The summed E-state index contributed by atoms with van der Waals surface area (Å²) < 4.78 is 9.67. The monoisotopic (exact) mass is 176 g/mol. The highest BCUT2D eigenvalue weighted by atomic mass is 16.7. The summed E-state index contributed by atoms with van der Waals surface area (Å²) in [6.45, 7) is 1.00. The normalized spacial score (nSPS) is 35.1. The summed E-state index contributed by atoms with van der Waals surface area (Å²) in [6.07, 6.45) is -1.87. The van der Waals surface area contributed by atoms with Gasteiger partial charge in [0.15, 0.2) is 0 Å². The first-order valence-corrected chi connectivity index (χ1v) is 3.75. The molecule has 70 valence electrons. The molecule has 0 amide bonds. The van der Waals surface area contributed by atoms with Crippen LogP contribution in [0.25, 0.3) is 0 Å². The molecule has 0 spiro atoms. The molecule has 3 atom stereocenters. The van der Waals surface area contributed by atoms with E-state index in [0.717, 1.165) is 0 Å². The lowest BCUT2D eigenvalue weighted by Crippen LogP contribution is -2.24. The second-order valence-electron chi connectivity index (χ2n) is 2.70. The Morgan fingerprint density at radius 3 is 2.83 bits per heavy atom. The van der Waals surface area contributed by atoms with Crippen LogP contribution < -0.4 is 0 Å². The highest BCUT2D eigenvalue weighted by molar-refractivity contribution is 5.66. The number of rotatable bonds is 2. The van der Waals surface area contributed by atoms with E-state index in [1.165, 1.54) is 6.92 Å². The van der Waals surface area contributed by atoms with Crippen LogP contribution >= 0.6 is 0 Å². The zero-order valence-corrected chi connectivity index (χ0v) is 6.77. The van der Waals surface area contributed by atoms with E-state index in [2.05, 4.69) is 4.74 Å². The lowest BCUT2D eigenvalue weighted by Gasteiger charge is -2.11. The second kappa shape index (κ2) is 3.84. The van der Waals surface area contributed by atoms with E-state index in [-0.39, 0.29) is 13.0 Å². The minimum Gasteiger partial charge on any atom is -0.436 e. The Hall–Kier alpha value is -0.650. The van der Waals surface area contributed by atoms with Gasteiger partial charge in [-0.05, 0) is 0 Å². The smallest absolute Gasteiger partial charge is 0.304 e. The maximum Gasteiger partial charge on any atom is 0.304 e. The van der Waals surface area contributed by atoms with Crippen molar-refractivity contribution in [2.24, 2.45) is 0 Å². The van der Waals surface area contributed by atoms with Gasteiger partial charge in [-0.1, -0.05) is 0 Å². The summed E-state index contributed by atoms with van der Waals surface area (Å²) >= 11 is 0. The van der Waals surface area contributed by atoms with Gasteiger partial charge < -0.3 is 19.7 Å². The number of aliphatic hydroxyl groups is 2. The fourth-order valence-electron chi connectivity index (χ4n) is 1.12. The van der Waals surface area contributed by atoms with Crippen LogP contribution in [0.2, 0.25) is 0 Å². The van der Waals surface area contributed by atoms with Gasteiger partial charge in [0.2, 0.25) is 6.29 Å². The Morgan fingerprint density at radius 2 is 2.42 bits per heavy atom. The minimum absolute atomic E-state index is 0.227. The molecule has 0 saturated carbocycles. The van der Waals surface area contributed by atoms with Gasteiger partial charge >= 0.3 is 5.97 Å². The van der Waals surface area contributed by atoms with Crippen LogP contribution in [0.5, 0.6) is 0 Å². The van der Waals surface area contributed by atoms with Crippen LogP contribution in [-0.4, -0.2) is 41.3 Å². The van der Waals surface area contributed by atoms with E-state index >= 15 is 0 Å². The van der Waals surface area contributed by atoms with E-state index in [1.807, 2.05) is 0 Å². The predicted octanol–water partition coefficient (Wildman–Crippen LogP) is -0.982. The zero-order chi connectivity index (χ0) is 9.14. The lowest BCUT2D eigenvalue weighted by atomic mass is 10.2. The molecule has 12 heavy (non-hydrogen) atoms. The molecule has 1 rings (SSSR count). The molecule has 1 aliphatic rings. The number of carbonyl (C=O) groups excluding carboxylic acids is 1. The quantitative estimate of drug-likeness (QED) is 0.529. The van der Waals surface area contributed by atoms with Crippen molar-refractivity contribution in [3.05, 3.63) is 0 Å². The van der Waals surface area contributed by atoms with Crippen molar-refractivity contribution in [1.82, 2.24) is 0 Å². The van der Waals surface area contributed by atoms with Gasteiger partial charge in [-0.25, -0.2) is 0 Å². The Balaban J connectivity index is 2.37. The SMILES string of the molecule is CC(=O)OC1C[C@H](O)[C@@H](CO)O1. The highest BCUT2D eigenvalue weighted by Gasteiger charge is 2.35. The number of hydrogen-bond acceptors (Lipinski definition) is 5. The van der Waals surface area contributed by atoms with E-state index in [0.29, 0.717) is 0 Å². The zero-order valence-electron chi connectivity index (χ0n) is 6.77. The number of ether oxygens (including phenoxy) is 2. The first kappa shape index (κ1) is 9.44. The van der Waals surface area contributed by atoms with Crippen LogP contribution in [0.4, 0.5) is 0 Å². The standard InChI is InChI=1S/C7H12O5/c1-4(9)11-7-2-5(10)6(3-8)12-7/h5-8,10H,2-3H2,1H3/t5-,6+,7?/m0/s1. The number of esters is 1. The second-order valence-corrected chi connectivity index (χ2v) is 2.70. The fourth-order valence-corrected chi connectivity index (χ4v) is 1.12. The van der Waals surface area contributed by atoms with Crippen molar-refractivity contribution in [3.8, 4) is 0 Å². The molecule has 1 saturated heterocycles. The third-order valence-corrected chi connectivity index (χ3v) is 1.67. The van der Waals surface area contributed by atoms with E-state index in [9.17, 15) is 9.90 Å². The molecule has 1 aliphatic heterocycles. The summed E-state index contributed by atoms with van der Waals surface area (Å²) in [5.74, 6) is -0.453.